The van der Waals surface area contributed by atoms with Crippen molar-refractivity contribution in [2.45, 2.75) is 25.5 Å². The lowest BCUT2D eigenvalue weighted by molar-refractivity contribution is 0.166. The molecular weight excluding hydrogens is 224 g/mol. The molecule has 3 nitrogen and oxygen atoms in total. The van der Waals surface area contributed by atoms with Gasteiger partial charge in [0.15, 0.2) is 0 Å². The Morgan fingerprint density at radius 3 is 2.94 bits per heavy atom. The molecule has 0 fully saturated rings. The van der Waals surface area contributed by atoms with Gasteiger partial charge in [-0.25, -0.2) is 0 Å². The van der Waals surface area contributed by atoms with Crippen LogP contribution in [0.3, 0.4) is 0 Å². The monoisotopic (exact) mass is 240 g/mol. The summed E-state index contributed by atoms with van der Waals surface area (Å²) in [5, 5.41) is 13.6. The molecule has 1 aromatic carbocycles. The zero-order chi connectivity index (χ0) is 12.5. The lowest BCUT2D eigenvalue weighted by Crippen LogP contribution is -2.21. The summed E-state index contributed by atoms with van der Waals surface area (Å²) in [6.45, 7) is 2.02. The minimum Gasteiger partial charge on any atom is -0.390 e. The van der Waals surface area contributed by atoms with Crippen LogP contribution in [0.25, 0.3) is 0 Å². The molecule has 1 aliphatic carbocycles. The van der Waals surface area contributed by atoms with E-state index in [1.807, 2.05) is 31.3 Å². The predicted octanol–water partition coefficient (Wildman–Crippen LogP) is 2.46. The van der Waals surface area contributed by atoms with Crippen LogP contribution in [-0.4, -0.2) is 16.2 Å². The summed E-state index contributed by atoms with van der Waals surface area (Å²) < 4.78 is 0. The highest BCUT2D eigenvalue weighted by Gasteiger charge is 2.30. The second-order valence-electron chi connectivity index (χ2n) is 4.78. The molecule has 0 radical (unpaired) electrons. The molecule has 0 saturated carbocycles. The van der Waals surface area contributed by atoms with Gasteiger partial charge in [-0.15, -0.1) is 0 Å². The minimum absolute atomic E-state index is 0.0256. The van der Waals surface area contributed by atoms with E-state index in [0.717, 1.165) is 17.7 Å². The number of aliphatic hydroxyl groups excluding tert-OH is 1. The summed E-state index contributed by atoms with van der Waals surface area (Å²) >= 11 is 0. The Balaban J connectivity index is 1.92. The number of rotatable bonds is 2. The molecule has 1 aliphatic rings. The highest BCUT2D eigenvalue weighted by Crippen LogP contribution is 2.34. The number of nitrogens with zero attached hydrogens (tertiary/aromatic N) is 1. The zero-order valence-electron chi connectivity index (χ0n) is 10.3. The van der Waals surface area contributed by atoms with Crippen molar-refractivity contribution in [3.8, 4) is 0 Å². The topological polar surface area (TPSA) is 45.2 Å². The van der Waals surface area contributed by atoms with Crippen LogP contribution in [0, 0.1) is 6.92 Å². The Labute approximate surface area is 107 Å². The normalized spacial score (nSPS) is 21.7. The molecule has 2 N–H and O–H groups in total. The fourth-order valence-electron chi connectivity index (χ4n) is 2.55. The second kappa shape index (κ2) is 4.42. The van der Waals surface area contributed by atoms with E-state index >= 15 is 0 Å². The van der Waals surface area contributed by atoms with Crippen LogP contribution in [0.4, 0.5) is 5.69 Å². The van der Waals surface area contributed by atoms with Crippen molar-refractivity contribution in [3.63, 3.8) is 0 Å². The van der Waals surface area contributed by atoms with Gasteiger partial charge in [0.2, 0.25) is 0 Å². The molecular formula is C15H16N2O. The number of benzene rings is 1. The quantitative estimate of drug-likeness (QED) is 0.847. The van der Waals surface area contributed by atoms with E-state index < -0.39 is 0 Å². The van der Waals surface area contributed by atoms with Crippen molar-refractivity contribution >= 4 is 5.69 Å². The van der Waals surface area contributed by atoms with E-state index in [1.165, 1.54) is 11.1 Å². The first kappa shape index (κ1) is 11.2. The predicted molar refractivity (Wildman–Crippen MR) is 71.5 cm³/mol. The average Bonchev–Trinajstić information content (AvgIpc) is 2.69. The third-order valence-electron chi connectivity index (χ3n) is 3.54. The van der Waals surface area contributed by atoms with Gasteiger partial charge >= 0.3 is 0 Å². The van der Waals surface area contributed by atoms with Crippen LogP contribution in [-0.2, 0) is 6.42 Å². The van der Waals surface area contributed by atoms with Crippen LogP contribution < -0.4 is 5.32 Å². The van der Waals surface area contributed by atoms with Crippen molar-refractivity contribution in [1.82, 2.24) is 4.98 Å². The second-order valence-corrected chi connectivity index (χ2v) is 4.78. The highest BCUT2D eigenvalue weighted by molar-refractivity contribution is 5.52. The van der Waals surface area contributed by atoms with Crippen molar-refractivity contribution in [2.24, 2.45) is 0 Å². The third kappa shape index (κ3) is 1.87. The van der Waals surface area contributed by atoms with Gasteiger partial charge in [-0.3, -0.25) is 4.98 Å². The molecule has 3 rings (SSSR count). The van der Waals surface area contributed by atoms with Gasteiger partial charge in [0.25, 0.3) is 0 Å². The first-order valence-electron chi connectivity index (χ1n) is 6.19. The molecule has 2 aromatic rings. The first-order chi connectivity index (χ1) is 8.75. The summed E-state index contributed by atoms with van der Waals surface area (Å²) in [6.07, 6.45) is 3.95. The number of hydrogen-bond acceptors (Lipinski definition) is 3. The number of anilines is 1. The number of pyridine rings is 1. The highest BCUT2D eigenvalue weighted by atomic mass is 16.3. The molecule has 1 heterocycles. The lowest BCUT2D eigenvalue weighted by Gasteiger charge is -2.20. The van der Waals surface area contributed by atoms with E-state index in [9.17, 15) is 5.11 Å². The van der Waals surface area contributed by atoms with E-state index in [-0.39, 0.29) is 12.1 Å². The summed E-state index contributed by atoms with van der Waals surface area (Å²) in [7, 11) is 0. The Morgan fingerprint density at radius 2 is 2.11 bits per heavy atom. The summed E-state index contributed by atoms with van der Waals surface area (Å²) in [5.74, 6) is 0. The van der Waals surface area contributed by atoms with Crippen LogP contribution in [0.5, 0.6) is 0 Å². The molecule has 1 aromatic heterocycles. The van der Waals surface area contributed by atoms with Crippen LogP contribution in [0.2, 0.25) is 0 Å². The first-order valence-corrected chi connectivity index (χ1v) is 6.19. The number of nitrogens with one attached hydrogen (secondary N) is 1. The molecule has 0 spiro atoms. The number of aryl methyl sites for hydroxylation is 1. The molecule has 0 amide bonds. The maximum absolute atomic E-state index is 10.2. The zero-order valence-corrected chi connectivity index (χ0v) is 10.3. The van der Waals surface area contributed by atoms with Crippen molar-refractivity contribution in [3.05, 3.63) is 59.4 Å². The number of hydrogen-bond donors (Lipinski definition) is 2. The molecule has 2 atom stereocenters. The Morgan fingerprint density at radius 1 is 1.28 bits per heavy atom. The summed E-state index contributed by atoms with van der Waals surface area (Å²) in [4.78, 5) is 4.08. The SMILES string of the molecule is Cc1cnccc1N[C@@H]1c2ccccc2C[C@@H]1O. The molecule has 0 aliphatic heterocycles. The molecule has 0 unspecified atom stereocenters. The maximum Gasteiger partial charge on any atom is 0.0823 e. The van der Waals surface area contributed by atoms with Crippen molar-refractivity contribution in [1.29, 1.82) is 0 Å². The minimum atomic E-state index is -0.366. The van der Waals surface area contributed by atoms with Crippen molar-refractivity contribution in [2.75, 3.05) is 5.32 Å². The van der Waals surface area contributed by atoms with Crippen LogP contribution >= 0.6 is 0 Å². The van der Waals surface area contributed by atoms with E-state index in [1.54, 1.807) is 6.20 Å². The van der Waals surface area contributed by atoms with Crippen LogP contribution in [0.1, 0.15) is 22.7 Å². The summed E-state index contributed by atoms with van der Waals surface area (Å²) in [6, 6.07) is 10.1. The number of fused-ring (bicyclic) bond motifs is 1. The molecule has 0 bridgehead atoms. The fraction of sp³-hybridized carbons (Fsp3) is 0.267. The summed E-state index contributed by atoms with van der Waals surface area (Å²) in [5.41, 5.74) is 4.55. The maximum atomic E-state index is 10.2. The van der Waals surface area contributed by atoms with Gasteiger partial charge in [0.1, 0.15) is 0 Å². The van der Waals surface area contributed by atoms with Gasteiger partial charge in [-0.05, 0) is 29.7 Å². The van der Waals surface area contributed by atoms with Gasteiger partial charge in [0, 0.05) is 24.5 Å². The standard InChI is InChI=1S/C15H16N2O/c1-10-9-16-7-6-13(10)17-15-12-5-3-2-4-11(12)8-14(15)18/h2-7,9,14-15,18H,8H2,1H3,(H,16,17)/t14-,15+/m0/s1. The largest absolute Gasteiger partial charge is 0.390 e. The molecule has 18 heavy (non-hydrogen) atoms. The van der Waals surface area contributed by atoms with E-state index in [4.69, 9.17) is 0 Å². The molecule has 0 saturated heterocycles. The number of aliphatic hydroxyl groups is 1. The smallest absolute Gasteiger partial charge is 0.0823 e. The lowest BCUT2D eigenvalue weighted by atomic mass is 10.1. The Hall–Kier alpha value is -1.87. The van der Waals surface area contributed by atoms with E-state index in [0.29, 0.717) is 0 Å². The van der Waals surface area contributed by atoms with Gasteiger partial charge < -0.3 is 10.4 Å². The van der Waals surface area contributed by atoms with Crippen molar-refractivity contribution < 1.29 is 5.11 Å². The van der Waals surface area contributed by atoms with Gasteiger partial charge in [-0.1, -0.05) is 24.3 Å². The fourth-order valence-corrected chi connectivity index (χ4v) is 2.55. The van der Waals surface area contributed by atoms with E-state index in [2.05, 4.69) is 22.4 Å². The molecule has 3 heteroatoms. The Bertz CT molecular complexity index is 568. The molecule has 92 valence electrons. The van der Waals surface area contributed by atoms with Gasteiger partial charge in [0.05, 0.1) is 12.1 Å². The number of aromatic nitrogens is 1. The average molecular weight is 240 g/mol. The van der Waals surface area contributed by atoms with Crippen LogP contribution in [0.15, 0.2) is 42.7 Å². The van der Waals surface area contributed by atoms with Gasteiger partial charge in [-0.2, -0.15) is 0 Å². The Kier molecular flexibility index (Phi) is 2.76. The third-order valence-corrected chi connectivity index (χ3v) is 3.54.